The molecule has 24 heavy (non-hydrogen) atoms. The van der Waals surface area contributed by atoms with Gasteiger partial charge in [0.1, 0.15) is 5.75 Å². The molecule has 1 fully saturated rings. The Balaban J connectivity index is 2.01. The number of methoxy groups -OCH3 is 1. The maximum Gasteiger partial charge on any atom is 0.318 e. The number of hydrogen-bond acceptors (Lipinski definition) is 4. The van der Waals surface area contributed by atoms with Crippen molar-refractivity contribution in [3.05, 3.63) is 29.8 Å². The zero-order chi connectivity index (χ0) is 17.5. The summed E-state index contributed by atoms with van der Waals surface area (Å²) in [6, 6.07) is 7.63. The van der Waals surface area contributed by atoms with E-state index in [4.69, 9.17) is 10.5 Å². The summed E-state index contributed by atoms with van der Waals surface area (Å²) >= 11 is 0. The number of nitrogens with zero attached hydrogens (tertiary/aromatic N) is 1. The van der Waals surface area contributed by atoms with Gasteiger partial charge in [0.15, 0.2) is 0 Å². The Labute approximate surface area is 143 Å². The zero-order valence-corrected chi connectivity index (χ0v) is 14.5. The third-order valence-corrected chi connectivity index (χ3v) is 4.53. The minimum absolute atomic E-state index is 0.298. The van der Waals surface area contributed by atoms with E-state index in [0.29, 0.717) is 24.8 Å². The minimum Gasteiger partial charge on any atom is -0.496 e. The molecule has 0 aliphatic carbocycles. The van der Waals surface area contributed by atoms with Crippen molar-refractivity contribution >= 4 is 11.9 Å². The van der Waals surface area contributed by atoms with Gasteiger partial charge < -0.3 is 10.5 Å². The Morgan fingerprint density at radius 3 is 2.79 bits per heavy atom. The summed E-state index contributed by atoms with van der Waals surface area (Å²) in [5.41, 5.74) is 6.16. The van der Waals surface area contributed by atoms with Crippen molar-refractivity contribution in [3.8, 4) is 5.75 Å². The van der Waals surface area contributed by atoms with Crippen molar-refractivity contribution in [2.24, 2.45) is 11.7 Å². The quantitative estimate of drug-likeness (QED) is 0.837. The fourth-order valence-electron chi connectivity index (χ4n) is 3.43. The van der Waals surface area contributed by atoms with Crippen molar-refractivity contribution in [3.63, 3.8) is 0 Å². The predicted molar refractivity (Wildman–Crippen MR) is 92.7 cm³/mol. The Hall–Kier alpha value is -2.08. The molecule has 0 aromatic heterocycles. The molecule has 0 unspecified atom stereocenters. The first-order valence-electron chi connectivity index (χ1n) is 8.47. The highest BCUT2D eigenvalue weighted by atomic mass is 16.5. The van der Waals surface area contributed by atoms with E-state index in [1.54, 1.807) is 7.11 Å². The van der Waals surface area contributed by atoms with Crippen molar-refractivity contribution in [1.29, 1.82) is 0 Å². The van der Waals surface area contributed by atoms with Crippen LogP contribution in [0.2, 0.25) is 0 Å². The molecule has 132 valence electrons. The first-order valence-corrected chi connectivity index (χ1v) is 8.47. The fourth-order valence-corrected chi connectivity index (χ4v) is 3.43. The zero-order valence-electron chi connectivity index (χ0n) is 14.5. The lowest BCUT2D eigenvalue weighted by atomic mass is 9.89. The van der Waals surface area contributed by atoms with Gasteiger partial charge in [-0.1, -0.05) is 25.1 Å². The van der Waals surface area contributed by atoms with E-state index in [1.165, 1.54) is 12.0 Å². The van der Waals surface area contributed by atoms with Crippen molar-refractivity contribution < 1.29 is 14.3 Å². The fraction of sp³-hybridized carbons (Fsp3) is 0.556. The second kappa shape index (κ2) is 8.68. The second-order valence-electron chi connectivity index (χ2n) is 6.45. The molecule has 1 heterocycles. The molecule has 2 atom stereocenters. The second-order valence-corrected chi connectivity index (χ2v) is 6.45. The minimum atomic E-state index is -0.793. The Kier molecular flexibility index (Phi) is 6.61. The third kappa shape index (κ3) is 4.96. The van der Waals surface area contributed by atoms with Crippen LogP contribution in [0.25, 0.3) is 0 Å². The SMILES string of the molecule is COc1ccccc1[C@H]1CC[C@H](C)CN1CCCC(=O)NC(N)=O. The molecular weight excluding hydrogens is 306 g/mol. The summed E-state index contributed by atoms with van der Waals surface area (Å²) in [7, 11) is 1.70. The molecule has 1 saturated heterocycles. The van der Waals surface area contributed by atoms with Crippen molar-refractivity contribution in [2.75, 3.05) is 20.2 Å². The van der Waals surface area contributed by atoms with Gasteiger partial charge in [-0.3, -0.25) is 15.0 Å². The molecule has 6 nitrogen and oxygen atoms in total. The van der Waals surface area contributed by atoms with Gasteiger partial charge in [0.05, 0.1) is 7.11 Å². The van der Waals surface area contributed by atoms with Gasteiger partial charge in [-0.15, -0.1) is 0 Å². The highest BCUT2D eigenvalue weighted by Crippen LogP contribution is 2.37. The average Bonchev–Trinajstić information content (AvgIpc) is 2.54. The molecular formula is C18H27N3O3. The van der Waals surface area contributed by atoms with Crippen molar-refractivity contribution in [2.45, 2.75) is 38.6 Å². The molecule has 0 bridgehead atoms. The maximum absolute atomic E-state index is 11.6. The van der Waals surface area contributed by atoms with Crippen LogP contribution in [0, 0.1) is 5.92 Å². The number of amides is 3. The summed E-state index contributed by atoms with van der Waals surface area (Å²) in [6.07, 6.45) is 3.25. The number of nitrogens with two attached hydrogens (primary N) is 1. The van der Waals surface area contributed by atoms with E-state index in [0.717, 1.165) is 25.3 Å². The number of piperidine rings is 1. The van der Waals surface area contributed by atoms with Crippen LogP contribution in [0.5, 0.6) is 5.75 Å². The Morgan fingerprint density at radius 1 is 1.33 bits per heavy atom. The van der Waals surface area contributed by atoms with E-state index in [9.17, 15) is 9.59 Å². The molecule has 0 saturated carbocycles. The monoisotopic (exact) mass is 333 g/mol. The van der Waals surface area contributed by atoms with E-state index < -0.39 is 6.03 Å². The normalized spacial score (nSPS) is 21.2. The number of rotatable bonds is 6. The number of para-hydroxylation sites is 1. The number of imide groups is 1. The molecule has 1 aliphatic rings. The number of ether oxygens (including phenoxy) is 1. The summed E-state index contributed by atoms with van der Waals surface area (Å²) in [6.45, 7) is 4.06. The summed E-state index contributed by atoms with van der Waals surface area (Å²) in [5, 5.41) is 2.11. The van der Waals surface area contributed by atoms with Crippen molar-refractivity contribution in [1.82, 2.24) is 10.2 Å². The van der Waals surface area contributed by atoms with Gasteiger partial charge in [0, 0.05) is 24.6 Å². The maximum atomic E-state index is 11.6. The summed E-state index contributed by atoms with van der Waals surface area (Å²) < 4.78 is 5.52. The first-order chi connectivity index (χ1) is 11.5. The first kappa shape index (κ1) is 18.3. The van der Waals surface area contributed by atoms with Gasteiger partial charge >= 0.3 is 6.03 Å². The van der Waals surface area contributed by atoms with E-state index in [2.05, 4.69) is 23.2 Å². The van der Waals surface area contributed by atoms with Gasteiger partial charge in [0.2, 0.25) is 5.91 Å². The van der Waals surface area contributed by atoms with Crippen LogP contribution < -0.4 is 15.8 Å². The summed E-state index contributed by atoms with van der Waals surface area (Å²) in [4.78, 5) is 24.7. The Morgan fingerprint density at radius 2 is 2.08 bits per heavy atom. The number of benzene rings is 1. The van der Waals surface area contributed by atoms with Crippen LogP contribution in [0.3, 0.4) is 0 Å². The molecule has 1 aromatic carbocycles. The largest absolute Gasteiger partial charge is 0.496 e. The smallest absolute Gasteiger partial charge is 0.318 e. The Bertz CT molecular complexity index is 576. The molecule has 0 spiro atoms. The number of hydrogen-bond donors (Lipinski definition) is 2. The van der Waals surface area contributed by atoms with Crippen LogP contribution in [-0.4, -0.2) is 37.0 Å². The lowest BCUT2D eigenvalue weighted by molar-refractivity contribution is -0.120. The van der Waals surface area contributed by atoms with Crippen LogP contribution in [-0.2, 0) is 4.79 Å². The average molecular weight is 333 g/mol. The van der Waals surface area contributed by atoms with Gasteiger partial charge in [0.25, 0.3) is 0 Å². The molecule has 1 aromatic rings. The standard InChI is InChI=1S/C18H27N3O3/c1-13-9-10-15(14-6-3-4-7-16(14)24-2)21(12-13)11-5-8-17(22)20-18(19)23/h3-4,6-7,13,15H,5,8-12H2,1-2H3,(H3,19,20,22,23)/t13-,15+/m0/s1. The lowest BCUT2D eigenvalue weighted by Crippen LogP contribution is -2.39. The molecule has 6 heteroatoms. The number of likely N-dealkylation sites (tertiary alicyclic amines) is 1. The number of primary amides is 1. The van der Waals surface area contributed by atoms with Crippen LogP contribution in [0.1, 0.15) is 44.2 Å². The third-order valence-electron chi connectivity index (χ3n) is 4.53. The number of carbonyl (C=O) groups excluding carboxylic acids is 2. The highest BCUT2D eigenvalue weighted by molar-refractivity contribution is 5.93. The highest BCUT2D eigenvalue weighted by Gasteiger charge is 2.28. The number of nitrogens with one attached hydrogen (secondary N) is 1. The predicted octanol–water partition coefficient (Wildman–Crippen LogP) is 2.44. The topological polar surface area (TPSA) is 84.7 Å². The van der Waals surface area contributed by atoms with Crippen LogP contribution in [0.15, 0.2) is 24.3 Å². The number of urea groups is 1. The van der Waals surface area contributed by atoms with E-state index in [-0.39, 0.29) is 5.91 Å². The molecule has 0 radical (unpaired) electrons. The van der Waals surface area contributed by atoms with Crippen LogP contribution >= 0.6 is 0 Å². The lowest BCUT2D eigenvalue weighted by Gasteiger charge is -2.39. The van der Waals surface area contributed by atoms with Gasteiger partial charge in [-0.05, 0) is 37.8 Å². The van der Waals surface area contributed by atoms with Gasteiger partial charge in [-0.2, -0.15) is 0 Å². The molecule has 1 aliphatic heterocycles. The van der Waals surface area contributed by atoms with E-state index in [1.807, 2.05) is 18.2 Å². The summed E-state index contributed by atoms with van der Waals surface area (Å²) in [5.74, 6) is 1.23. The van der Waals surface area contributed by atoms with Crippen LogP contribution in [0.4, 0.5) is 4.79 Å². The molecule has 2 rings (SSSR count). The molecule has 3 N–H and O–H groups in total. The van der Waals surface area contributed by atoms with E-state index >= 15 is 0 Å². The molecule has 3 amide bonds. The number of carbonyl (C=O) groups is 2. The van der Waals surface area contributed by atoms with Gasteiger partial charge in [-0.25, -0.2) is 4.79 Å².